The van der Waals surface area contributed by atoms with Crippen molar-refractivity contribution < 1.29 is 18.0 Å². The Labute approximate surface area is 143 Å². The lowest BCUT2D eigenvalue weighted by Gasteiger charge is -2.34. The van der Waals surface area contributed by atoms with E-state index < -0.39 is 23.8 Å². The van der Waals surface area contributed by atoms with Crippen molar-refractivity contribution in [3.63, 3.8) is 0 Å². The molecule has 9 heteroatoms. The van der Waals surface area contributed by atoms with Gasteiger partial charge in [0.25, 0.3) is 0 Å². The Hall–Kier alpha value is -2.29. The van der Waals surface area contributed by atoms with E-state index in [9.17, 15) is 18.0 Å². The van der Waals surface area contributed by atoms with Gasteiger partial charge in [0.2, 0.25) is 11.9 Å². The van der Waals surface area contributed by atoms with E-state index in [0.717, 1.165) is 12.1 Å². The van der Waals surface area contributed by atoms with Gasteiger partial charge in [-0.15, -0.1) is 0 Å². The second kappa shape index (κ2) is 6.55. The molecule has 1 aromatic heterocycles. The van der Waals surface area contributed by atoms with Crippen LogP contribution in [0.15, 0.2) is 12.1 Å². The van der Waals surface area contributed by atoms with Crippen LogP contribution >= 0.6 is 0 Å². The van der Waals surface area contributed by atoms with Crippen LogP contribution in [0.5, 0.6) is 0 Å². The molecule has 6 nitrogen and oxygen atoms in total. The van der Waals surface area contributed by atoms with Crippen LogP contribution < -0.4 is 10.6 Å². The summed E-state index contributed by atoms with van der Waals surface area (Å²) < 4.78 is 42.4. The predicted octanol–water partition coefficient (Wildman–Crippen LogP) is 1.28. The number of hydrogen-bond acceptors (Lipinski definition) is 4. The lowest BCUT2D eigenvalue weighted by molar-refractivity contribution is -0.129. The fraction of sp³-hybridized carbons (Fsp3) is 0.500. The highest BCUT2D eigenvalue weighted by Gasteiger charge is 2.30. The Balaban J connectivity index is 2.08. The van der Waals surface area contributed by atoms with Gasteiger partial charge in [-0.1, -0.05) is 0 Å². The number of anilines is 1. The van der Waals surface area contributed by atoms with Gasteiger partial charge >= 0.3 is 0 Å². The Morgan fingerprint density at radius 2 is 2.04 bits per heavy atom. The van der Waals surface area contributed by atoms with Gasteiger partial charge in [-0.25, -0.2) is 18.2 Å². The molecular weight excluding hydrogens is 335 g/mol. The van der Waals surface area contributed by atoms with Gasteiger partial charge in [0.1, 0.15) is 12.7 Å². The van der Waals surface area contributed by atoms with E-state index in [2.05, 4.69) is 4.98 Å². The van der Waals surface area contributed by atoms with Crippen LogP contribution in [0.4, 0.5) is 19.1 Å². The molecule has 0 aliphatic carbocycles. The number of rotatable bonds is 3. The molecule has 2 aromatic rings. The number of alkyl halides is 1. The fourth-order valence-electron chi connectivity index (χ4n) is 2.92. The minimum Gasteiger partial charge on any atom is -0.347 e. The predicted molar refractivity (Wildman–Crippen MR) is 88.0 cm³/mol. The number of benzene rings is 1. The molecule has 3 rings (SSSR count). The fourth-order valence-corrected chi connectivity index (χ4v) is 2.92. The van der Waals surface area contributed by atoms with Gasteiger partial charge in [-0.05, 0) is 6.42 Å². The van der Waals surface area contributed by atoms with E-state index >= 15 is 0 Å². The van der Waals surface area contributed by atoms with Crippen LogP contribution in [0.3, 0.4) is 0 Å². The smallest absolute Gasteiger partial charge is 0.242 e. The maximum Gasteiger partial charge on any atom is 0.242 e. The first-order chi connectivity index (χ1) is 11.8. The highest BCUT2D eigenvalue weighted by molar-refractivity contribution is 5.83. The molecule has 1 aliphatic heterocycles. The van der Waals surface area contributed by atoms with Crippen LogP contribution in [-0.2, 0) is 11.3 Å². The van der Waals surface area contributed by atoms with Crippen LogP contribution in [0.2, 0.25) is 0 Å². The van der Waals surface area contributed by atoms with E-state index in [1.54, 1.807) is 19.0 Å². The Kier molecular flexibility index (Phi) is 4.59. The summed E-state index contributed by atoms with van der Waals surface area (Å²) in [4.78, 5) is 19.7. The summed E-state index contributed by atoms with van der Waals surface area (Å²) in [7, 11) is 3.21. The van der Waals surface area contributed by atoms with Crippen molar-refractivity contribution >= 4 is 22.9 Å². The van der Waals surface area contributed by atoms with Crippen LogP contribution in [0.25, 0.3) is 11.0 Å². The van der Waals surface area contributed by atoms with E-state index in [-0.39, 0.29) is 30.9 Å². The Morgan fingerprint density at radius 1 is 1.36 bits per heavy atom. The maximum absolute atomic E-state index is 13.7. The minimum atomic E-state index is -1.10. The second-order valence-electron chi connectivity index (χ2n) is 6.46. The van der Waals surface area contributed by atoms with E-state index in [1.165, 1.54) is 9.47 Å². The highest BCUT2D eigenvalue weighted by atomic mass is 19.2. The standard InChI is InChI=1S/C16H20F3N5O/c1-22(2)15(25)8-24-14-6-11(19)10(18)5-13(14)21-16(24)23-4-3-9(17)12(20)7-23/h5-6,9,12H,3-4,7-8,20H2,1-2H3/t9-,12-/m1/s1. The largest absolute Gasteiger partial charge is 0.347 e. The molecule has 136 valence electrons. The van der Waals surface area contributed by atoms with Crippen molar-refractivity contribution in [2.24, 2.45) is 5.73 Å². The number of hydrogen-bond donors (Lipinski definition) is 1. The molecule has 1 amide bonds. The van der Waals surface area contributed by atoms with Crippen molar-refractivity contribution in [1.82, 2.24) is 14.5 Å². The van der Waals surface area contributed by atoms with Crippen molar-refractivity contribution in [3.8, 4) is 0 Å². The van der Waals surface area contributed by atoms with Gasteiger partial charge in [0.15, 0.2) is 11.6 Å². The van der Waals surface area contributed by atoms with Crippen LogP contribution in [0, 0.1) is 11.6 Å². The third-order valence-electron chi connectivity index (χ3n) is 4.42. The van der Waals surface area contributed by atoms with Gasteiger partial charge in [0, 0.05) is 39.3 Å². The highest BCUT2D eigenvalue weighted by Crippen LogP contribution is 2.27. The zero-order valence-corrected chi connectivity index (χ0v) is 14.0. The average Bonchev–Trinajstić information content (AvgIpc) is 2.88. The molecule has 2 N–H and O–H groups in total. The van der Waals surface area contributed by atoms with E-state index in [0.29, 0.717) is 18.0 Å². The number of aromatic nitrogens is 2. The molecule has 2 atom stereocenters. The molecule has 25 heavy (non-hydrogen) atoms. The number of amides is 1. The molecule has 0 unspecified atom stereocenters. The molecule has 1 saturated heterocycles. The number of nitrogens with two attached hydrogens (primary N) is 1. The summed E-state index contributed by atoms with van der Waals surface area (Å²) in [5, 5.41) is 0. The van der Waals surface area contributed by atoms with Crippen molar-refractivity contribution in [2.75, 3.05) is 32.1 Å². The molecule has 0 spiro atoms. The number of carbonyl (C=O) groups excluding carboxylic acids is 1. The Bertz CT molecular complexity index is 807. The molecule has 0 radical (unpaired) electrons. The first-order valence-electron chi connectivity index (χ1n) is 7.98. The van der Waals surface area contributed by atoms with E-state index in [4.69, 9.17) is 5.73 Å². The number of nitrogens with zero attached hydrogens (tertiary/aromatic N) is 4. The summed E-state index contributed by atoms with van der Waals surface area (Å²) >= 11 is 0. The third kappa shape index (κ3) is 3.28. The zero-order chi connectivity index (χ0) is 18.3. The third-order valence-corrected chi connectivity index (χ3v) is 4.42. The van der Waals surface area contributed by atoms with E-state index in [1.807, 2.05) is 0 Å². The first-order valence-corrected chi connectivity index (χ1v) is 7.98. The van der Waals surface area contributed by atoms with Crippen molar-refractivity contribution in [2.45, 2.75) is 25.2 Å². The lowest BCUT2D eigenvalue weighted by atomic mass is 10.1. The molecule has 1 aromatic carbocycles. The van der Waals surface area contributed by atoms with Gasteiger partial charge < -0.3 is 20.1 Å². The number of piperidine rings is 1. The minimum absolute atomic E-state index is 0.0886. The summed E-state index contributed by atoms with van der Waals surface area (Å²) in [5.41, 5.74) is 6.34. The molecule has 2 heterocycles. The van der Waals surface area contributed by atoms with Crippen molar-refractivity contribution in [3.05, 3.63) is 23.8 Å². The lowest BCUT2D eigenvalue weighted by Crippen LogP contribution is -2.50. The first kappa shape index (κ1) is 17.5. The normalized spacial score (nSPS) is 21.0. The molecule has 0 bridgehead atoms. The molecule has 1 aliphatic rings. The average molecular weight is 355 g/mol. The molecule has 0 saturated carbocycles. The number of halogens is 3. The number of carbonyl (C=O) groups is 1. The SMILES string of the molecule is CN(C)C(=O)Cn1c(N2CC[C@@H](F)[C@H](N)C2)nc2cc(F)c(F)cc21. The Morgan fingerprint density at radius 3 is 2.68 bits per heavy atom. The van der Waals surface area contributed by atoms with Crippen molar-refractivity contribution in [1.29, 1.82) is 0 Å². The zero-order valence-electron chi connectivity index (χ0n) is 14.0. The molecular formula is C16H20F3N5O. The number of fused-ring (bicyclic) bond motifs is 1. The summed E-state index contributed by atoms with van der Waals surface area (Å²) in [5.74, 6) is -1.90. The maximum atomic E-state index is 13.7. The second-order valence-corrected chi connectivity index (χ2v) is 6.46. The van der Waals surface area contributed by atoms with Gasteiger partial charge in [0.05, 0.1) is 17.1 Å². The van der Waals surface area contributed by atoms with Gasteiger partial charge in [-0.3, -0.25) is 4.79 Å². The summed E-state index contributed by atoms with van der Waals surface area (Å²) in [6.07, 6.45) is -0.873. The molecule has 1 fully saturated rings. The number of likely N-dealkylation sites (N-methyl/N-ethyl adjacent to an activating group) is 1. The van der Waals surface area contributed by atoms with Crippen LogP contribution in [0.1, 0.15) is 6.42 Å². The summed E-state index contributed by atoms with van der Waals surface area (Å²) in [6.45, 7) is 0.486. The monoisotopic (exact) mass is 355 g/mol. The topological polar surface area (TPSA) is 67.4 Å². The van der Waals surface area contributed by atoms with Gasteiger partial charge in [-0.2, -0.15) is 0 Å². The van der Waals surface area contributed by atoms with Crippen LogP contribution in [-0.4, -0.2) is 59.8 Å². The quantitative estimate of drug-likeness (QED) is 0.901. The summed E-state index contributed by atoms with van der Waals surface area (Å²) in [6, 6.07) is 1.33. The number of imidazole rings is 1.